The molecule has 1 spiro atoms. The van der Waals surface area contributed by atoms with Crippen LogP contribution in [0.15, 0.2) is 54.1 Å². The summed E-state index contributed by atoms with van der Waals surface area (Å²) in [6.45, 7) is 1.95. The number of hydrogen-bond donors (Lipinski definition) is 0. The molecule has 3 aliphatic rings. The van der Waals surface area contributed by atoms with Crippen LogP contribution >= 0.6 is 0 Å². The van der Waals surface area contributed by atoms with E-state index in [0.717, 1.165) is 22.6 Å². The van der Waals surface area contributed by atoms with Gasteiger partial charge in [-0.05, 0) is 48.7 Å². The summed E-state index contributed by atoms with van der Waals surface area (Å²) >= 11 is 0. The standard InChI is InChI=1S/C26H25NO5/c1-4-32-24(29)22-18-14-20(17(23(18)28)13-15-9-11-16(31-3)12-10-15)26(22)19-7-5-6-8-21(19)27(2)25(26)30/h5-13,18,20,22H,4,14H2,1-3H3/b17-13+/t18-,20-,22-,26+/m0/s1. The van der Waals surface area contributed by atoms with Crippen LogP contribution in [0.2, 0.25) is 0 Å². The zero-order valence-electron chi connectivity index (χ0n) is 18.3. The molecular formula is C26H25NO5. The number of hydrogen-bond acceptors (Lipinski definition) is 5. The smallest absolute Gasteiger partial charge is 0.311 e. The minimum Gasteiger partial charge on any atom is -0.497 e. The maximum absolute atomic E-state index is 13.8. The molecule has 2 fully saturated rings. The van der Waals surface area contributed by atoms with E-state index in [1.165, 1.54) is 0 Å². The summed E-state index contributed by atoms with van der Waals surface area (Å²) in [5, 5.41) is 0. The van der Waals surface area contributed by atoms with Crippen molar-refractivity contribution in [3.8, 4) is 5.75 Å². The first kappa shape index (κ1) is 20.5. The van der Waals surface area contributed by atoms with E-state index >= 15 is 0 Å². The predicted octanol–water partition coefficient (Wildman–Crippen LogP) is 3.39. The van der Waals surface area contributed by atoms with Gasteiger partial charge < -0.3 is 14.4 Å². The molecule has 1 amide bonds. The van der Waals surface area contributed by atoms with E-state index in [0.29, 0.717) is 12.0 Å². The summed E-state index contributed by atoms with van der Waals surface area (Å²) in [4.78, 5) is 42.1. The quantitative estimate of drug-likeness (QED) is 0.548. The maximum atomic E-state index is 13.8. The van der Waals surface area contributed by atoms with Crippen LogP contribution in [0.5, 0.6) is 5.75 Å². The fourth-order valence-corrected chi connectivity index (χ4v) is 6.02. The van der Waals surface area contributed by atoms with Crippen molar-refractivity contribution in [3.63, 3.8) is 0 Å². The molecule has 164 valence electrons. The Hall–Kier alpha value is -3.41. The van der Waals surface area contributed by atoms with E-state index in [4.69, 9.17) is 9.47 Å². The molecule has 2 aliphatic carbocycles. The number of ketones is 1. The van der Waals surface area contributed by atoms with Gasteiger partial charge in [-0.25, -0.2) is 0 Å². The largest absolute Gasteiger partial charge is 0.497 e. The lowest BCUT2D eigenvalue weighted by atomic mass is 9.60. The Kier molecular flexibility index (Phi) is 4.69. The zero-order chi connectivity index (χ0) is 22.6. The normalized spacial score (nSPS) is 29.2. The van der Waals surface area contributed by atoms with Gasteiger partial charge in [0.15, 0.2) is 5.78 Å². The van der Waals surface area contributed by atoms with Gasteiger partial charge in [-0.15, -0.1) is 0 Å². The molecule has 1 aliphatic heterocycles. The van der Waals surface area contributed by atoms with Gasteiger partial charge in [0.2, 0.25) is 5.91 Å². The second-order valence-corrected chi connectivity index (χ2v) is 8.61. The topological polar surface area (TPSA) is 72.9 Å². The van der Waals surface area contributed by atoms with E-state index in [1.54, 1.807) is 26.0 Å². The lowest BCUT2D eigenvalue weighted by molar-refractivity contribution is -0.156. The van der Waals surface area contributed by atoms with E-state index in [9.17, 15) is 14.4 Å². The van der Waals surface area contributed by atoms with Gasteiger partial charge in [0.25, 0.3) is 0 Å². The van der Waals surface area contributed by atoms with Crippen LogP contribution in [-0.4, -0.2) is 38.4 Å². The number of anilines is 1. The fourth-order valence-electron chi connectivity index (χ4n) is 6.02. The van der Waals surface area contributed by atoms with Crippen LogP contribution in [0.4, 0.5) is 5.69 Å². The molecule has 0 saturated heterocycles. The molecular weight excluding hydrogens is 406 g/mol. The number of carbonyl (C=O) groups excluding carboxylic acids is 3. The second-order valence-electron chi connectivity index (χ2n) is 8.61. The van der Waals surface area contributed by atoms with Gasteiger partial charge in [0.1, 0.15) is 5.75 Å². The Morgan fingerprint density at radius 2 is 1.88 bits per heavy atom. The summed E-state index contributed by atoms with van der Waals surface area (Å²) in [5.41, 5.74) is 1.95. The highest BCUT2D eigenvalue weighted by Gasteiger charge is 2.73. The van der Waals surface area contributed by atoms with E-state index in [1.807, 2.05) is 54.6 Å². The third-order valence-corrected chi connectivity index (χ3v) is 7.28. The number of nitrogens with zero attached hydrogens (tertiary/aromatic N) is 1. The number of amides is 1. The molecule has 2 aromatic carbocycles. The Bertz CT molecular complexity index is 1150. The fraction of sp³-hybridized carbons (Fsp3) is 0.346. The van der Waals surface area contributed by atoms with Crippen LogP contribution in [0.3, 0.4) is 0 Å². The van der Waals surface area contributed by atoms with Crippen LogP contribution in [-0.2, 0) is 24.5 Å². The number of allylic oxidation sites excluding steroid dienone is 1. The van der Waals surface area contributed by atoms with Gasteiger partial charge in [-0.2, -0.15) is 0 Å². The Morgan fingerprint density at radius 1 is 1.16 bits per heavy atom. The highest BCUT2D eigenvalue weighted by atomic mass is 16.5. The van der Waals surface area contributed by atoms with Crippen molar-refractivity contribution in [2.45, 2.75) is 18.8 Å². The van der Waals surface area contributed by atoms with Gasteiger partial charge >= 0.3 is 5.97 Å². The molecule has 2 saturated carbocycles. The first-order valence-electron chi connectivity index (χ1n) is 10.9. The molecule has 0 N–H and O–H groups in total. The highest BCUT2D eigenvalue weighted by Crippen LogP contribution is 2.65. The average Bonchev–Trinajstić information content (AvgIpc) is 3.39. The summed E-state index contributed by atoms with van der Waals surface area (Å²) in [6.07, 6.45) is 2.34. The highest BCUT2D eigenvalue weighted by molar-refractivity contribution is 6.17. The summed E-state index contributed by atoms with van der Waals surface area (Å²) in [5.74, 6) is -1.69. The molecule has 6 nitrogen and oxygen atoms in total. The number of ether oxygens (including phenoxy) is 2. The third kappa shape index (κ3) is 2.55. The van der Waals surface area contributed by atoms with Crippen molar-refractivity contribution in [2.24, 2.45) is 17.8 Å². The van der Waals surface area contributed by atoms with Gasteiger partial charge in [-0.1, -0.05) is 30.3 Å². The number of esters is 1. The van der Waals surface area contributed by atoms with Crippen LogP contribution in [0.25, 0.3) is 6.08 Å². The Labute approximate surface area is 186 Å². The van der Waals surface area contributed by atoms with Crippen LogP contribution in [0.1, 0.15) is 24.5 Å². The number of carbonyl (C=O) groups is 3. The number of Topliss-reactive ketones (excluding diaryl/α,β-unsaturated/α-hetero) is 1. The van der Waals surface area contributed by atoms with Crippen molar-refractivity contribution in [2.75, 3.05) is 25.7 Å². The second kappa shape index (κ2) is 7.33. The number of para-hydroxylation sites is 1. The van der Waals surface area contributed by atoms with Gasteiger partial charge in [-0.3, -0.25) is 14.4 Å². The molecule has 4 atom stereocenters. The molecule has 0 aromatic heterocycles. The SMILES string of the molecule is CCOC(=O)[C@@H]1[C@@H]2C[C@@H](/C(=C\c3ccc(OC)cc3)C2=O)[C@@]12C(=O)N(C)c1ccccc12. The zero-order valence-corrected chi connectivity index (χ0v) is 18.3. The van der Waals surface area contributed by atoms with Crippen molar-refractivity contribution in [1.29, 1.82) is 0 Å². The van der Waals surface area contributed by atoms with Crippen molar-refractivity contribution in [1.82, 2.24) is 0 Å². The van der Waals surface area contributed by atoms with Gasteiger partial charge in [0.05, 0.1) is 25.0 Å². The molecule has 6 heteroatoms. The summed E-state index contributed by atoms with van der Waals surface area (Å²) in [6, 6.07) is 15.0. The minimum absolute atomic E-state index is 0.0608. The number of rotatable bonds is 4. The summed E-state index contributed by atoms with van der Waals surface area (Å²) in [7, 11) is 3.34. The third-order valence-electron chi connectivity index (χ3n) is 7.28. The number of methoxy groups -OCH3 is 1. The van der Waals surface area contributed by atoms with Gasteiger partial charge in [0, 0.05) is 30.1 Å². The number of benzene rings is 2. The summed E-state index contributed by atoms with van der Waals surface area (Å²) < 4.78 is 10.6. The van der Waals surface area contributed by atoms with Crippen LogP contribution < -0.4 is 9.64 Å². The molecule has 1 heterocycles. The van der Waals surface area contributed by atoms with Crippen LogP contribution in [0, 0.1) is 17.8 Å². The first-order valence-corrected chi connectivity index (χ1v) is 10.9. The molecule has 0 radical (unpaired) electrons. The lowest BCUT2D eigenvalue weighted by Crippen LogP contribution is -2.54. The Balaban J connectivity index is 1.69. The molecule has 2 aromatic rings. The van der Waals surface area contributed by atoms with E-state index in [2.05, 4.69) is 0 Å². The Morgan fingerprint density at radius 3 is 2.56 bits per heavy atom. The molecule has 2 bridgehead atoms. The molecule has 32 heavy (non-hydrogen) atoms. The number of likely N-dealkylation sites (N-methyl/N-ethyl adjacent to an activating group) is 1. The van der Waals surface area contributed by atoms with E-state index in [-0.39, 0.29) is 24.2 Å². The predicted molar refractivity (Wildman–Crippen MR) is 119 cm³/mol. The average molecular weight is 431 g/mol. The lowest BCUT2D eigenvalue weighted by Gasteiger charge is -2.39. The van der Waals surface area contributed by atoms with Crippen molar-refractivity contribution >= 4 is 29.4 Å². The molecule has 0 unspecified atom stereocenters. The maximum Gasteiger partial charge on any atom is 0.311 e. The van der Waals surface area contributed by atoms with E-state index < -0.39 is 23.2 Å². The number of fused-ring (bicyclic) bond motifs is 5. The van der Waals surface area contributed by atoms with Crippen molar-refractivity contribution in [3.05, 3.63) is 65.2 Å². The first-order chi connectivity index (χ1) is 15.4. The van der Waals surface area contributed by atoms with Crippen molar-refractivity contribution < 1.29 is 23.9 Å². The molecule has 5 rings (SSSR count). The minimum atomic E-state index is -1.12. The monoisotopic (exact) mass is 431 g/mol.